The Morgan fingerprint density at radius 3 is 3.15 bits per heavy atom. The lowest BCUT2D eigenvalue weighted by molar-refractivity contribution is 0.315. The lowest BCUT2D eigenvalue weighted by Crippen LogP contribution is -2.10. The van der Waals surface area contributed by atoms with E-state index in [4.69, 9.17) is 10.5 Å². The van der Waals surface area contributed by atoms with Crippen LogP contribution in [0.1, 0.15) is 18.5 Å². The molecule has 0 amide bonds. The van der Waals surface area contributed by atoms with E-state index in [0.717, 1.165) is 12.1 Å². The number of aliphatic imine (C=N–C) groups is 1. The summed E-state index contributed by atoms with van der Waals surface area (Å²) in [6, 6.07) is 0.301. The van der Waals surface area contributed by atoms with Crippen LogP contribution in [-0.2, 0) is 11.3 Å². The Morgan fingerprint density at radius 2 is 2.62 bits per heavy atom. The van der Waals surface area contributed by atoms with E-state index in [0.29, 0.717) is 6.61 Å². The number of aromatic nitrogens is 2. The van der Waals surface area contributed by atoms with Gasteiger partial charge in [0.2, 0.25) is 0 Å². The number of amidine groups is 1. The van der Waals surface area contributed by atoms with Gasteiger partial charge in [0.15, 0.2) is 0 Å². The summed E-state index contributed by atoms with van der Waals surface area (Å²) in [7, 11) is 0. The number of hydrogen-bond acceptors (Lipinski definition) is 4. The predicted molar refractivity (Wildman–Crippen MR) is 48.2 cm³/mol. The van der Waals surface area contributed by atoms with Crippen molar-refractivity contribution in [1.82, 2.24) is 9.78 Å². The number of hydrogen-bond donors (Lipinski definition) is 1. The zero-order chi connectivity index (χ0) is 9.26. The van der Waals surface area contributed by atoms with Gasteiger partial charge in [-0.3, -0.25) is 4.68 Å². The van der Waals surface area contributed by atoms with E-state index in [1.165, 1.54) is 0 Å². The average Bonchev–Trinajstić information content (AvgIpc) is 2.71. The van der Waals surface area contributed by atoms with Gasteiger partial charge in [-0.05, 0) is 6.92 Å². The summed E-state index contributed by atoms with van der Waals surface area (Å²) in [5.41, 5.74) is 6.46. The molecule has 0 saturated heterocycles. The maximum Gasteiger partial charge on any atom is 0.282 e. The first-order valence-electron chi connectivity index (χ1n) is 4.28. The Hall–Kier alpha value is -1.52. The van der Waals surface area contributed by atoms with Gasteiger partial charge in [-0.15, -0.1) is 0 Å². The van der Waals surface area contributed by atoms with Gasteiger partial charge in [0, 0.05) is 18.3 Å². The fourth-order valence-electron chi connectivity index (χ4n) is 1.29. The van der Waals surface area contributed by atoms with Crippen LogP contribution in [0.2, 0.25) is 0 Å². The molecule has 0 spiro atoms. The first-order chi connectivity index (χ1) is 6.29. The second-order valence-electron chi connectivity index (χ2n) is 2.92. The summed E-state index contributed by atoms with van der Waals surface area (Å²) in [5.74, 6) is 0. The molecule has 2 heterocycles. The Morgan fingerprint density at radius 1 is 1.77 bits per heavy atom. The van der Waals surface area contributed by atoms with Crippen molar-refractivity contribution in [3.63, 3.8) is 0 Å². The standard InChI is InChI=1S/C8H12N4O/c1-2-12-4-6(3-10-12)7-5-13-8(9)11-7/h3-4,7H,2,5H2,1H3,(H2,9,11). The minimum Gasteiger partial charge on any atom is -0.463 e. The maximum atomic E-state index is 5.40. The normalized spacial score (nSPS) is 21.3. The Labute approximate surface area is 76.2 Å². The summed E-state index contributed by atoms with van der Waals surface area (Å²) < 4.78 is 6.91. The van der Waals surface area contributed by atoms with Crippen molar-refractivity contribution >= 4 is 6.02 Å². The molecule has 1 unspecified atom stereocenters. The lowest BCUT2D eigenvalue weighted by Gasteiger charge is -1.99. The topological polar surface area (TPSA) is 65.4 Å². The molecule has 1 aliphatic heterocycles. The first-order valence-corrected chi connectivity index (χ1v) is 4.28. The van der Waals surface area contributed by atoms with Crippen LogP contribution in [0.3, 0.4) is 0 Å². The molecule has 70 valence electrons. The predicted octanol–water partition coefficient (Wildman–Crippen LogP) is 0.289. The smallest absolute Gasteiger partial charge is 0.282 e. The van der Waals surface area contributed by atoms with Gasteiger partial charge in [0.1, 0.15) is 12.6 Å². The molecule has 1 aromatic heterocycles. The van der Waals surface area contributed by atoms with Crippen LogP contribution < -0.4 is 5.73 Å². The number of aryl methyl sites for hydroxylation is 1. The highest BCUT2D eigenvalue weighted by atomic mass is 16.5. The number of ether oxygens (including phenoxy) is 1. The molecule has 5 heteroatoms. The fraction of sp³-hybridized carbons (Fsp3) is 0.500. The first kappa shape index (κ1) is 8.10. The molecule has 2 N–H and O–H groups in total. The summed E-state index contributed by atoms with van der Waals surface area (Å²) in [6.07, 6.45) is 3.77. The van der Waals surface area contributed by atoms with E-state index in [-0.39, 0.29) is 12.1 Å². The van der Waals surface area contributed by atoms with E-state index in [9.17, 15) is 0 Å². The second kappa shape index (κ2) is 3.08. The summed E-state index contributed by atoms with van der Waals surface area (Å²) in [5, 5.41) is 4.16. The number of nitrogens with zero attached hydrogens (tertiary/aromatic N) is 3. The Bertz CT molecular complexity index is 331. The molecular formula is C8H12N4O. The van der Waals surface area contributed by atoms with E-state index >= 15 is 0 Å². The molecule has 0 fully saturated rings. The third-order valence-electron chi connectivity index (χ3n) is 2.03. The van der Waals surface area contributed by atoms with Crippen molar-refractivity contribution in [3.05, 3.63) is 18.0 Å². The van der Waals surface area contributed by atoms with Gasteiger partial charge in [0.05, 0.1) is 6.20 Å². The van der Waals surface area contributed by atoms with Crippen LogP contribution in [-0.4, -0.2) is 22.4 Å². The summed E-state index contributed by atoms with van der Waals surface area (Å²) >= 11 is 0. The Balaban J connectivity index is 2.17. The number of rotatable bonds is 2. The van der Waals surface area contributed by atoms with Crippen molar-refractivity contribution < 1.29 is 4.74 Å². The van der Waals surface area contributed by atoms with Crippen LogP contribution in [0, 0.1) is 0 Å². The molecule has 0 aliphatic carbocycles. The molecule has 0 bridgehead atoms. The molecule has 0 radical (unpaired) electrons. The fourth-order valence-corrected chi connectivity index (χ4v) is 1.29. The molecular weight excluding hydrogens is 168 g/mol. The van der Waals surface area contributed by atoms with Crippen LogP contribution in [0.15, 0.2) is 17.4 Å². The van der Waals surface area contributed by atoms with Gasteiger partial charge in [0.25, 0.3) is 6.02 Å². The zero-order valence-electron chi connectivity index (χ0n) is 7.47. The third kappa shape index (κ3) is 1.49. The van der Waals surface area contributed by atoms with Crippen molar-refractivity contribution in [1.29, 1.82) is 0 Å². The highest BCUT2D eigenvalue weighted by Crippen LogP contribution is 2.20. The second-order valence-corrected chi connectivity index (χ2v) is 2.92. The van der Waals surface area contributed by atoms with E-state index < -0.39 is 0 Å². The summed E-state index contributed by atoms with van der Waals surface area (Å²) in [4.78, 5) is 4.13. The van der Waals surface area contributed by atoms with E-state index in [1.807, 2.05) is 17.8 Å². The quantitative estimate of drug-likeness (QED) is 0.711. The van der Waals surface area contributed by atoms with Gasteiger partial charge >= 0.3 is 0 Å². The van der Waals surface area contributed by atoms with Crippen LogP contribution >= 0.6 is 0 Å². The monoisotopic (exact) mass is 180 g/mol. The van der Waals surface area contributed by atoms with Gasteiger partial charge in [-0.1, -0.05) is 0 Å². The van der Waals surface area contributed by atoms with Gasteiger partial charge in [-0.2, -0.15) is 5.10 Å². The van der Waals surface area contributed by atoms with Crippen LogP contribution in [0.5, 0.6) is 0 Å². The van der Waals surface area contributed by atoms with Crippen molar-refractivity contribution in [2.24, 2.45) is 10.7 Å². The highest BCUT2D eigenvalue weighted by molar-refractivity contribution is 5.73. The molecule has 0 saturated carbocycles. The molecule has 13 heavy (non-hydrogen) atoms. The molecule has 1 atom stereocenters. The van der Waals surface area contributed by atoms with Crippen LogP contribution in [0.4, 0.5) is 0 Å². The molecule has 0 aromatic carbocycles. The van der Waals surface area contributed by atoms with Crippen molar-refractivity contribution in [2.45, 2.75) is 19.5 Å². The van der Waals surface area contributed by atoms with Crippen LogP contribution in [0.25, 0.3) is 0 Å². The lowest BCUT2D eigenvalue weighted by atomic mass is 10.2. The minimum absolute atomic E-state index is 0.0281. The van der Waals surface area contributed by atoms with Crippen molar-refractivity contribution in [3.8, 4) is 0 Å². The van der Waals surface area contributed by atoms with Gasteiger partial charge < -0.3 is 10.5 Å². The largest absolute Gasteiger partial charge is 0.463 e. The summed E-state index contributed by atoms with van der Waals surface area (Å²) in [6.45, 7) is 3.44. The molecule has 5 nitrogen and oxygen atoms in total. The molecule has 2 rings (SSSR count). The molecule has 1 aromatic rings. The maximum absolute atomic E-state index is 5.40. The average molecular weight is 180 g/mol. The SMILES string of the molecule is CCn1cc(C2COC(N)=N2)cn1. The van der Waals surface area contributed by atoms with Gasteiger partial charge in [-0.25, -0.2) is 4.99 Å². The Kier molecular flexibility index (Phi) is 1.92. The zero-order valence-corrected chi connectivity index (χ0v) is 7.47. The number of nitrogens with two attached hydrogens (primary N) is 1. The molecule has 1 aliphatic rings. The van der Waals surface area contributed by atoms with E-state index in [1.54, 1.807) is 6.20 Å². The third-order valence-corrected chi connectivity index (χ3v) is 2.03. The van der Waals surface area contributed by atoms with E-state index in [2.05, 4.69) is 10.1 Å². The minimum atomic E-state index is 0.0281. The van der Waals surface area contributed by atoms with Crippen molar-refractivity contribution in [2.75, 3.05) is 6.61 Å². The highest BCUT2D eigenvalue weighted by Gasteiger charge is 2.19.